The Kier molecular flexibility index (Phi) is 3.04. The first-order valence-corrected chi connectivity index (χ1v) is 7.09. The number of rotatable bonds is 1. The van der Waals surface area contributed by atoms with E-state index in [2.05, 4.69) is 13.5 Å². The predicted molar refractivity (Wildman–Crippen MR) is 67.5 cm³/mol. The van der Waals surface area contributed by atoms with Gasteiger partial charge in [0.15, 0.2) is 6.29 Å². The third-order valence-electron chi connectivity index (χ3n) is 5.29. The lowest BCUT2D eigenvalue weighted by atomic mass is 9.61. The third-order valence-corrected chi connectivity index (χ3v) is 5.29. The molecule has 3 aliphatic rings. The van der Waals surface area contributed by atoms with Gasteiger partial charge in [-0.3, -0.25) is 0 Å². The Bertz CT molecular complexity index is 312. The van der Waals surface area contributed by atoms with Gasteiger partial charge in [0.1, 0.15) is 0 Å². The molecule has 0 aromatic carbocycles. The molecule has 0 bridgehead atoms. The number of fused-ring (bicyclic) bond motifs is 2. The fraction of sp³-hybridized carbons (Fsp3) is 0.867. The summed E-state index contributed by atoms with van der Waals surface area (Å²) < 4.78 is 11.5. The van der Waals surface area contributed by atoms with Crippen LogP contribution in [0, 0.1) is 23.7 Å². The molecule has 3 rings (SSSR count). The van der Waals surface area contributed by atoms with Crippen molar-refractivity contribution in [3.05, 3.63) is 12.2 Å². The molecule has 1 heterocycles. The molecule has 2 saturated carbocycles. The summed E-state index contributed by atoms with van der Waals surface area (Å²) in [6.07, 6.45) is 7.13. The second-order valence-corrected chi connectivity index (χ2v) is 6.10. The van der Waals surface area contributed by atoms with E-state index in [1.165, 1.54) is 37.7 Å². The van der Waals surface area contributed by atoms with Crippen molar-refractivity contribution in [2.24, 2.45) is 23.7 Å². The van der Waals surface area contributed by atoms with E-state index in [4.69, 9.17) is 9.47 Å². The number of methoxy groups -OCH3 is 1. The summed E-state index contributed by atoms with van der Waals surface area (Å²) in [7, 11) is 1.77. The van der Waals surface area contributed by atoms with E-state index in [9.17, 15) is 0 Å². The van der Waals surface area contributed by atoms with Gasteiger partial charge in [0.05, 0.1) is 6.10 Å². The Morgan fingerprint density at radius 2 is 2.06 bits per heavy atom. The maximum absolute atomic E-state index is 5.95. The van der Waals surface area contributed by atoms with Crippen molar-refractivity contribution in [3.8, 4) is 0 Å². The van der Waals surface area contributed by atoms with Crippen LogP contribution in [-0.2, 0) is 9.47 Å². The van der Waals surface area contributed by atoms with Crippen molar-refractivity contribution in [2.45, 2.75) is 51.4 Å². The van der Waals surface area contributed by atoms with Gasteiger partial charge in [-0.15, -0.1) is 0 Å². The standard InChI is InChI=1S/C15H24O2/c1-9-12-7-5-4-6-11(12)8-13-14(9)10(2)17-15(13)16-3/h10-15H,1,4-8H2,2-3H3/t10-,11+,12+,13-,14-,15-/m1/s1. The van der Waals surface area contributed by atoms with Gasteiger partial charge < -0.3 is 9.47 Å². The molecule has 0 unspecified atom stereocenters. The molecule has 0 aromatic rings. The van der Waals surface area contributed by atoms with E-state index in [-0.39, 0.29) is 6.29 Å². The molecule has 96 valence electrons. The summed E-state index contributed by atoms with van der Waals surface area (Å²) in [5, 5.41) is 0. The van der Waals surface area contributed by atoms with Gasteiger partial charge in [-0.05, 0) is 38.0 Å². The molecule has 1 saturated heterocycles. The van der Waals surface area contributed by atoms with Gasteiger partial charge in [-0.25, -0.2) is 0 Å². The summed E-state index contributed by atoms with van der Waals surface area (Å²) >= 11 is 0. The molecular weight excluding hydrogens is 212 g/mol. The molecule has 2 nitrogen and oxygen atoms in total. The molecule has 0 N–H and O–H groups in total. The van der Waals surface area contributed by atoms with Crippen LogP contribution in [0.25, 0.3) is 0 Å². The Labute approximate surface area is 104 Å². The largest absolute Gasteiger partial charge is 0.356 e. The van der Waals surface area contributed by atoms with Crippen molar-refractivity contribution in [1.29, 1.82) is 0 Å². The molecule has 6 atom stereocenters. The summed E-state index contributed by atoms with van der Waals surface area (Å²) in [5.74, 6) is 2.72. The first kappa shape index (κ1) is 11.7. The van der Waals surface area contributed by atoms with Gasteiger partial charge in [0.25, 0.3) is 0 Å². The Hall–Kier alpha value is -0.340. The number of hydrogen-bond donors (Lipinski definition) is 0. The van der Waals surface area contributed by atoms with Crippen LogP contribution in [0.4, 0.5) is 0 Å². The van der Waals surface area contributed by atoms with E-state index < -0.39 is 0 Å². The number of ether oxygens (including phenoxy) is 2. The molecule has 0 amide bonds. The van der Waals surface area contributed by atoms with Crippen molar-refractivity contribution in [3.63, 3.8) is 0 Å². The normalized spacial score (nSPS) is 49.9. The molecule has 2 heteroatoms. The van der Waals surface area contributed by atoms with Gasteiger partial charge >= 0.3 is 0 Å². The summed E-state index contributed by atoms with van der Waals surface area (Å²) in [4.78, 5) is 0. The van der Waals surface area contributed by atoms with Crippen molar-refractivity contribution in [2.75, 3.05) is 7.11 Å². The number of hydrogen-bond acceptors (Lipinski definition) is 2. The highest BCUT2D eigenvalue weighted by Gasteiger charge is 2.50. The highest BCUT2D eigenvalue weighted by Crippen LogP contribution is 2.53. The molecule has 3 fully saturated rings. The lowest BCUT2D eigenvalue weighted by Crippen LogP contribution is -2.38. The van der Waals surface area contributed by atoms with Crippen molar-refractivity contribution >= 4 is 0 Å². The lowest BCUT2D eigenvalue weighted by molar-refractivity contribution is -0.131. The van der Waals surface area contributed by atoms with Crippen LogP contribution < -0.4 is 0 Å². The molecular formula is C15H24O2. The molecule has 0 aromatic heterocycles. The maximum atomic E-state index is 5.95. The summed E-state index contributed by atoms with van der Waals surface area (Å²) in [6, 6.07) is 0. The van der Waals surface area contributed by atoms with E-state index in [0.717, 1.165) is 11.8 Å². The molecule has 0 spiro atoms. The van der Waals surface area contributed by atoms with Crippen LogP contribution in [0.5, 0.6) is 0 Å². The van der Waals surface area contributed by atoms with Crippen molar-refractivity contribution in [1.82, 2.24) is 0 Å². The average molecular weight is 236 g/mol. The molecule has 17 heavy (non-hydrogen) atoms. The minimum Gasteiger partial charge on any atom is -0.356 e. The topological polar surface area (TPSA) is 18.5 Å². The van der Waals surface area contributed by atoms with Gasteiger partial charge in [0, 0.05) is 18.9 Å². The zero-order valence-corrected chi connectivity index (χ0v) is 11.0. The average Bonchev–Trinajstić information content (AvgIpc) is 2.66. The second-order valence-electron chi connectivity index (χ2n) is 6.10. The van der Waals surface area contributed by atoms with E-state index in [0.29, 0.717) is 17.9 Å². The fourth-order valence-electron chi connectivity index (χ4n) is 4.55. The highest BCUT2D eigenvalue weighted by molar-refractivity contribution is 5.18. The first-order chi connectivity index (χ1) is 8.22. The van der Waals surface area contributed by atoms with E-state index in [1.807, 2.05) is 0 Å². The van der Waals surface area contributed by atoms with Crippen LogP contribution in [0.3, 0.4) is 0 Å². The van der Waals surface area contributed by atoms with E-state index >= 15 is 0 Å². The quantitative estimate of drug-likeness (QED) is 0.650. The Morgan fingerprint density at radius 1 is 1.29 bits per heavy atom. The van der Waals surface area contributed by atoms with Crippen LogP contribution in [0.1, 0.15) is 39.0 Å². The van der Waals surface area contributed by atoms with Crippen LogP contribution in [0.2, 0.25) is 0 Å². The lowest BCUT2D eigenvalue weighted by Gasteiger charge is -2.44. The second kappa shape index (κ2) is 4.40. The van der Waals surface area contributed by atoms with E-state index in [1.54, 1.807) is 7.11 Å². The summed E-state index contributed by atoms with van der Waals surface area (Å²) in [6.45, 7) is 6.61. The molecule has 1 aliphatic heterocycles. The first-order valence-electron chi connectivity index (χ1n) is 7.09. The predicted octanol–water partition coefficient (Wildman–Crippen LogP) is 3.38. The zero-order chi connectivity index (χ0) is 12.0. The molecule has 0 radical (unpaired) electrons. The van der Waals surface area contributed by atoms with Crippen molar-refractivity contribution < 1.29 is 9.47 Å². The minimum absolute atomic E-state index is 0.00891. The van der Waals surface area contributed by atoms with Gasteiger partial charge in [-0.2, -0.15) is 0 Å². The SMILES string of the molecule is C=C1[C@H]2[C@@H](C[C@@H]3CCCC[C@@H]13)[C@H](OC)O[C@@H]2C. The van der Waals surface area contributed by atoms with Crippen LogP contribution >= 0.6 is 0 Å². The Morgan fingerprint density at radius 3 is 2.82 bits per heavy atom. The monoisotopic (exact) mass is 236 g/mol. The maximum Gasteiger partial charge on any atom is 0.161 e. The van der Waals surface area contributed by atoms with Crippen LogP contribution in [-0.4, -0.2) is 19.5 Å². The highest BCUT2D eigenvalue weighted by atomic mass is 16.7. The van der Waals surface area contributed by atoms with Crippen LogP contribution in [0.15, 0.2) is 12.2 Å². The molecule has 2 aliphatic carbocycles. The summed E-state index contributed by atoms with van der Waals surface area (Å²) in [5.41, 5.74) is 1.47. The minimum atomic E-state index is 0.00891. The van der Waals surface area contributed by atoms with Gasteiger partial charge in [-0.1, -0.05) is 25.0 Å². The fourth-order valence-corrected chi connectivity index (χ4v) is 4.55. The third kappa shape index (κ3) is 1.77. The smallest absolute Gasteiger partial charge is 0.161 e. The van der Waals surface area contributed by atoms with Gasteiger partial charge in [0.2, 0.25) is 0 Å². The Balaban J connectivity index is 1.85. The zero-order valence-electron chi connectivity index (χ0n) is 11.0.